The van der Waals surface area contributed by atoms with Crippen molar-refractivity contribution in [3.05, 3.63) is 0 Å². The minimum atomic E-state index is -0.598. The topological polar surface area (TPSA) is 335 Å². The lowest BCUT2D eigenvalue weighted by molar-refractivity contribution is -0.142. The van der Waals surface area contributed by atoms with E-state index >= 15 is 0 Å². The third-order valence-corrected chi connectivity index (χ3v) is 2.92. The van der Waals surface area contributed by atoms with Crippen molar-refractivity contribution in [3.63, 3.8) is 0 Å². The van der Waals surface area contributed by atoms with E-state index in [9.17, 15) is 9.59 Å². The van der Waals surface area contributed by atoms with Crippen molar-refractivity contribution in [2.45, 2.75) is 37.8 Å². The summed E-state index contributed by atoms with van der Waals surface area (Å²) < 4.78 is 4.44. The molecule has 2 atom stereocenters. The van der Waals surface area contributed by atoms with E-state index in [2.05, 4.69) is 26.4 Å². The van der Waals surface area contributed by atoms with Crippen molar-refractivity contribution >= 4 is 73.4 Å². The van der Waals surface area contributed by atoms with Crippen molar-refractivity contribution in [1.82, 2.24) is 5.43 Å². The second-order valence-electron chi connectivity index (χ2n) is 5.14. The number of nitrogens with zero attached hydrogens (tertiary/aromatic N) is 2. The zero-order chi connectivity index (χ0) is 24.5. The molecule has 0 saturated carbocycles. The molecule has 1 amide bonds. The zero-order valence-corrected chi connectivity index (χ0v) is 22.6. The minimum absolute atomic E-state index is 0. The fourth-order valence-corrected chi connectivity index (χ4v) is 1.55. The smallest absolute Gasteiger partial charge is 0.322 e. The number of carbonyl (C=O) groups is 2. The molecule has 0 rings (SSSR count). The summed E-state index contributed by atoms with van der Waals surface area (Å²) in [4.78, 5) is 29.1. The Morgan fingerprint density at radius 3 is 1.41 bits per heavy atom. The first-order chi connectivity index (χ1) is 14.1. The number of aliphatic hydroxyl groups is 1. The van der Waals surface area contributed by atoms with Crippen LogP contribution in [-0.2, 0) is 14.3 Å². The number of hydrogen-bond donors (Lipinski definition) is 11. The second kappa shape index (κ2) is 41.6. The Morgan fingerprint density at radius 2 is 1.15 bits per heavy atom. The van der Waals surface area contributed by atoms with E-state index in [0.29, 0.717) is 38.8 Å². The predicted octanol–water partition coefficient (Wildman–Crippen LogP) is -3.99. The van der Waals surface area contributed by atoms with Gasteiger partial charge in [0.15, 0.2) is 11.9 Å². The minimum Gasteiger partial charge on any atom is -0.468 e. The molecule has 0 fully saturated rings. The number of aliphatic imine (C=N–C) groups is 2. The Morgan fingerprint density at radius 1 is 0.824 bits per heavy atom. The van der Waals surface area contributed by atoms with Gasteiger partial charge >= 0.3 is 5.97 Å². The first-order valence-electron chi connectivity index (χ1n) is 8.63. The molecule has 0 saturated heterocycles. The number of nitrogens with one attached hydrogen (secondary N) is 1. The summed E-state index contributed by atoms with van der Waals surface area (Å²) in [6.45, 7) is 0.945. The molecule has 0 radical (unpaired) electrons. The highest BCUT2D eigenvalue weighted by Gasteiger charge is 2.12. The van der Waals surface area contributed by atoms with Gasteiger partial charge in [-0.1, -0.05) is 0 Å². The van der Waals surface area contributed by atoms with E-state index in [0.717, 1.165) is 7.11 Å². The number of nitrogens with two attached hydrogens (primary N) is 9. The third-order valence-electron chi connectivity index (χ3n) is 2.92. The van der Waals surface area contributed by atoms with Crippen molar-refractivity contribution in [1.29, 1.82) is 0 Å². The second-order valence-corrected chi connectivity index (χ2v) is 5.14. The number of esters is 1. The van der Waals surface area contributed by atoms with E-state index in [1.807, 2.05) is 5.43 Å². The van der Waals surface area contributed by atoms with Gasteiger partial charge in [-0.25, -0.2) is 5.84 Å². The Hall–Kier alpha value is -1.60. The molecular formula is C14H44Cl4N12O4. The third kappa shape index (κ3) is 44.1. The fraction of sp³-hybridized carbons (Fsp3) is 0.714. The van der Waals surface area contributed by atoms with Crippen LogP contribution in [0, 0.1) is 0 Å². The van der Waals surface area contributed by atoms with E-state index < -0.39 is 18.1 Å². The molecule has 0 aliphatic rings. The molecule has 2 unspecified atom stereocenters. The van der Waals surface area contributed by atoms with E-state index in [4.69, 9.17) is 45.4 Å². The average molecular weight is 586 g/mol. The lowest BCUT2D eigenvalue weighted by atomic mass is 10.1. The number of hydrazine groups is 2. The number of guanidine groups is 2. The SMILES string of the molecule is CO.COC(=O)C(N)CCCN=C(N)N.Cl.Cl.Cl.Cl.NN.NNC(=O)C(N)CCCN=C(N)N. The standard InChI is InChI=1S/C7H16N4O2.C6H16N6O.CH4O.4ClH.H4N2/c1-13-6(12)5(8)3-2-4-11-7(9)10;7-4(5(13)12-10)2-1-3-11-6(8)9;1-2;;;;;1-2/h5H,2-4,8H2,1H3,(H4,9,10,11);4H,1-3,7,10H2,(H,12,13)(H4,8,9,11);2H,1H3;4*1H;1-2H2. The maximum absolute atomic E-state index is 10.8. The summed E-state index contributed by atoms with van der Waals surface area (Å²) >= 11 is 0. The summed E-state index contributed by atoms with van der Waals surface area (Å²) in [5.41, 5.74) is 33.3. The zero-order valence-electron chi connectivity index (χ0n) is 19.3. The van der Waals surface area contributed by atoms with Crippen LogP contribution >= 0.6 is 49.6 Å². The molecule has 0 aromatic carbocycles. The van der Waals surface area contributed by atoms with Gasteiger partial charge in [0.05, 0.1) is 13.2 Å². The number of carbonyl (C=O) groups excluding carboxylic acids is 2. The number of aliphatic hydroxyl groups excluding tert-OH is 1. The van der Waals surface area contributed by atoms with Crippen LogP contribution in [0.2, 0.25) is 0 Å². The normalized spacial score (nSPS) is 9.41. The molecule has 34 heavy (non-hydrogen) atoms. The van der Waals surface area contributed by atoms with Gasteiger partial charge in [0.25, 0.3) is 5.91 Å². The van der Waals surface area contributed by atoms with Crippen LogP contribution in [0.25, 0.3) is 0 Å². The predicted molar refractivity (Wildman–Crippen MR) is 146 cm³/mol. The summed E-state index contributed by atoms with van der Waals surface area (Å²) in [6.07, 6.45) is 2.32. The molecule has 0 spiro atoms. The highest BCUT2D eigenvalue weighted by molar-refractivity contribution is 5.86. The summed E-state index contributed by atoms with van der Waals surface area (Å²) in [5, 5.41) is 7.00. The summed E-state index contributed by atoms with van der Waals surface area (Å²) in [7, 11) is 2.30. The number of rotatable bonds is 10. The van der Waals surface area contributed by atoms with Gasteiger partial charge in [-0.3, -0.25) is 36.7 Å². The molecule has 20 heteroatoms. The molecular weight excluding hydrogens is 542 g/mol. The monoisotopic (exact) mass is 584 g/mol. The molecule has 0 aromatic rings. The van der Waals surface area contributed by atoms with Crippen molar-refractivity contribution in [2.75, 3.05) is 27.3 Å². The molecule has 0 heterocycles. The molecule has 20 N–H and O–H groups in total. The quantitative estimate of drug-likeness (QED) is 0.0221. The number of halogens is 4. The molecule has 0 aliphatic heterocycles. The first kappa shape index (κ1) is 53.7. The number of amides is 1. The van der Waals surface area contributed by atoms with Crippen molar-refractivity contribution in [2.24, 2.45) is 61.9 Å². The Balaban J connectivity index is -0.0000000522. The van der Waals surface area contributed by atoms with Crippen LogP contribution in [0.4, 0.5) is 0 Å². The molecule has 0 bridgehead atoms. The van der Waals surface area contributed by atoms with Crippen LogP contribution in [0.15, 0.2) is 9.98 Å². The highest BCUT2D eigenvalue weighted by atomic mass is 35.5. The van der Waals surface area contributed by atoms with E-state index in [-0.39, 0.29) is 67.5 Å². The lowest BCUT2D eigenvalue weighted by Gasteiger charge is -2.07. The molecule has 0 aromatic heterocycles. The van der Waals surface area contributed by atoms with Crippen LogP contribution in [0.3, 0.4) is 0 Å². The van der Waals surface area contributed by atoms with Gasteiger partial charge in [0.1, 0.15) is 6.04 Å². The fourth-order valence-electron chi connectivity index (χ4n) is 1.55. The van der Waals surface area contributed by atoms with Gasteiger partial charge in [0.2, 0.25) is 0 Å². The van der Waals surface area contributed by atoms with Gasteiger partial charge in [-0.15, -0.1) is 49.6 Å². The number of methoxy groups -OCH3 is 1. The largest absolute Gasteiger partial charge is 0.468 e. The Labute approximate surface area is 225 Å². The van der Waals surface area contributed by atoms with Crippen molar-refractivity contribution in [3.8, 4) is 0 Å². The molecule has 16 nitrogen and oxygen atoms in total. The molecule has 0 aliphatic carbocycles. The maximum Gasteiger partial charge on any atom is 0.322 e. The Bertz CT molecular complexity index is 444. The van der Waals surface area contributed by atoms with Gasteiger partial charge in [-0.2, -0.15) is 0 Å². The number of ether oxygens (including phenoxy) is 1. The summed E-state index contributed by atoms with van der Waals surface area (Å²) in [5.74, 6) is 12.2. The molecule has 212 valence electrons. The van der Waals surface area contributed by atoms with Crippen LogP contribution in [0.1, 0.15) is 25.7 Å². The lowest BCUT2D eigenvalue weighted by Crippen LogP contribution is -2.43. The van der Waals surface area contributed by atoms with Gasteiger partial charge in [0, 0.05) is 20.2 Å². The van der Waals surface area contributed by atoms with Crippen LogP contribution in [-0.4, -0.2) is 68.3 Å². The van der Waals surface area contributed by atoms with Crippen LogP contribution in [0.5, 0.6) is 0 Å². The summed E-state index contributed by atoms with van der Waals surface area (Å²) in [6, 6.07) is -1.18. The van der Waals surface area contributed by atoms with Gasteiger partial charge in [-0.05, 0) is 25.7 Å². The number of hydrogen-bond acceptors (Lipinski definition) is 11. The van der Waals surface area contributed by atoms with Crippen molar-refractivity contribution < 1.29 is 19.4 Å². The Kier molecular flexibility index (Phi) is 65.7. The van der Waals surface area contributed by atoms with Gasteiger partial charge < -0.3 is 44.2 Å². The van der Waals surface area contributed by atoms with E-state index in [1.54, 1.807) is 0 Å². The first-order valence-corrected chi connectivity index (χ1v) is 8.63. The van der Waals surface area contributed by atoms with E-state index in [1.165, 1.54) is 7.11 Å². The average Bonchev–Trinajstić information content (AvgIpc) is 2.75. The van der Waals surface area contributed by atoms with Crippen LogP contribution < -0.4 is 57.4 Å². The highest BCUT2D eigenvalue weighted by Crippen LogP contribution is 1.96. The maximum atomic E-state index is 10.8.